The molecule has 0 N–H and O–H groups in total. The first kappa shape index (κ1) is 31.5. The van der Waals surface area contributed by atoms with Crippen molar-refractivity contribution in [3.8, 4) is 27.6 Å². The topological polar surface area (TPSA) is 74.2 Å². The van der Waals surface area contributed by atoms with Gasteiger partial charge in [-0.2, -0.15) is 8.75 Å². The number of carbonyl (C=O) groups is 1. The number of nitrogens with zero attached hydrogens (tertiary/aromatic N) is 5. The fourth-order valence-corrected chi connectivity index (χ4v) is 9.13. The highest BCUT2D eigenvalue weighted by atomic mass is 32.1. The Morgan fingerprint density at radius 2 is 1.48 bits per heavy atom. The molecule has 2 aromatic heterocycles. The molecule has 0 amide bonds. The highest BCUT2D eigenvalue weighted by molar-refractivity contribution is 7.16. The molecule has 246 valence electrons. The summed E-state index contributed by atoms with van der Waals surface area (Å²) in [5, 5.41) is 9.73. The Bertz CT molecular complexity index is 2760. The quantitative estimate of drug-likeness (QED) is 0.104. The van der Waals surface area contributed by atoms with Crippen molar-refractivity contribution in [2.75, 3.05) is 4.90 Å². The summed E-state index contributed by atoms with van der Waals surface area (Å²) in [6, 6.07) is 43.2. The van der Waals surface area contributed by atoms with E-state index in [1.165, 1.54) is 39.9 Å². The van der Waals surface area contributed by atoms with Crippen LogP contribution < -0.4 is 4.90 Å². The van der Waals surface area contributed by atoms with Crippen LogP contribution in [0.2, 0.25) is 0 Å². The van der Waals surface area contributed by atoms with E-state index < -0.39 is 0 Å². The van der Waals surface area contributed by atoms with Crippen LogP contribution in [0.3, 0.4) is 0 Å². The van der Waals surface area contributed by atoms with E-state index in [1.54, 1.807) is 24.3 Å². The van der Waals surface area contributed by atoms with E-state index in [-0.39, 0.29) is 16.9 Å². The molecule has 0 bridgehead atoms. The Labute approximate surface area is 309 Å². The van der Waals surface area contributed by atoms with Crippen LogP contribution >= 0.6 is 23.1 Å². The Morgan fingerprint density at radius 3 is 2.27 bits per heavy atom. The molecule has 2 aliphatic rings. The lowest BCUT2D eigenvalue weighted by Gasteiger charge is -2.42. The van der Waals surface area contributed by atoms with E-state index >= 15 is 0 Å². The molecule has 0 spiro atoms. The predicted octanol–water partition coefficient (Wildman–Crippen LogP) is 11.6. The first-order valence-electron chi connectivity index (χ1n) is 16.7. The number of ketones is 1. The summed E-state index contributed by atoms with van der Waals surface area (Å²) in [6.45, 7) is 12.2. The second-order valence-electron chi connectivity index (χ2n) is 13.2. The Hall–Kier alpha value is -6.45. The lowest BCUT2D eigenvalue weighted by Crippen LogP contribution is -2.30. The number of hydrogen-bond donors (Lipinski definition) is 0. The van der Waals surface area contributed by atoms with Crippen molar-refractivity contribution < 1.29 is 4.79 Å². The molecular formula is C44H27N5OS2. The second-order valence-corrected chi connectivity index (χ2v) is 14.9. The smallest absolute Gasteiger partial charge is 0.270 e. The highest BCUT2D eigenvalue weighted by Crippen LogP contribution is 2.53. The fraction of sp³-hybridized carbons (Fsp3) is 0.0682. The number of aromatic nitrogens is 2. The van der Waals surface area contributed by atoms with Crippen LogP contribution in [0.4, 0.5) is 17.1 Å². The summed E-state index contributed by atoms with van der Waals surface area (Å²) >= 11 is 2.73. The Balaban J connectivity index is 1.12. The van der Waals surface area contributed by atoms with Crippen molar-refractivity contribution in [2.45, 2.75) is 19.3 Å². The van der Waals surface area contributed by atoms with Crippen molar-refractivity contribution in [3.05, 3.63) is 171 Å². The monoisotopic (exact) mass is 705 g/mol. The first-order chi connectivity index (χ1) is 25.4. The number of Topliss-reactive ketones (excluding diaryl/α,β-unsaturated/α-hetero) is 1. The number of carbonyl (C=O) groups excluding carboxylic acids is 1. The van der Waals surface area contributed by atoms with E-state index in [0.29, 0.717) is 22.3 Å². The molecule has 1 aliphatic carbocycles. The predicted molar refractivity (Wildman–Crippen MR) is 211 cm³/mol. The minimum absolute atomic E-state index is 0.0882. The zero-order valence-corrected chi connectivity index (χ0v) is 29.7. The van der Waals surface area contributed by atoms with Crippen molar-refractivity contribution in [1.29, 1.82) is 5.26 Å². The van der Waals surface area contributed by atoms with E-state index in [9.17, 15) is 10.1 Å². The molecule has 3 heterocycles. The standard InChI is InChI=1S/C44H27N5OS2/c1-44(2)34-15-9-10-16-37(34)49(27-11-5-4-6-12-27)38-21-17-26(23-35(38)44)29-19-20-32(42-41(29)47-52-48-42)39-22-18-28(51-39)24-33-40(36(25-45)46-3)30-13-7-8-14-31(30)43(33)50/h4-24H,1-2H3/b33-24?,40-36-. The van der Waals surface area contributed by atoms with Crippen LogP contribution in [0.1, 0.15) is 45.8 Å². The summed E-state index contributed by atoms with van der Waals surface area (Å²) in [5.74, 6) is -0.184. The van der Waals surface area contributed by atoms with Gasteiger partial charge in [0.25, 0.3) is 5.70 Å². The van der Waals surface area contributed by atoms with Gasteiger partial charge < -0.3 is 4.90 Å². The Kier molecular flexibility index (Phi) is 7.34. The summed E-state index contributed by atoms with van der Waals surface area (Å²) < 4.78 is 9.57. The third kappa shape index (κ3) is 4.77. The number of thiophene rings is 1. The van der Waals surface area contributed by atoms with Gasteiger partial charge in [0.15, 0.2) is 5.78 Å². The van der Waals surface area contributed by atoms with Crippen LogP contribution in [-0.2, 0) is 5.41 Å². The van der Waals surface area contributed by atoms with Gasteiger partial charge >= 0.3 is 0 Å². The molecule has 0 unspecified atom stereocenters. The van der Waals surface area contributed by atoms with Gasteiger partial charge in [-0.1, -0.05) is 92.7 Å². The molecule has 0 radical (unpaired) electrons. The number of rotatable bonds is 4. The first-order valence-corrected chi connectivity index (χ1v) is 18.3. The summed E-state index contributed by atoms with van der Waals surface area (Å²) in [6.07, 6.45) is 1.80. The Morgan fingerprint density at radius 1 is 0.788 bits per heavy atom. The highest BCUT2D eigenvalue weighted by Gasteiger charge is 2.37. The van der Waals surface area contributed by atoms with Crippen LogP contribution in [-0.4, -0.2) is 14.5 Å². The van der Waals surface area contributed by atoms with Gasteiger partial charge in [0.1, 0.15) is 11.0 Å². The average molecular weight is 706 g/mol. The molecule has 9 rings (SSSR count). The van der Waals surface area contributed by atoms with Gasteiger partial charge in [0.05, 0.1) is 35.7 Å². The molecule has 0 saturated carbocycles. The van der Waals surface area contributed by atoms with Gasteiger partial charge in [-0.3, -0.25) is 4.79 Å². The molecule has 0 saturated heterocycles. The molecular weight excluding hydrogens is 679 g/mol. The molecule has 0 atom stereocenters. The number of hydrogen-bond acceptors (Lipinski definition) is 7. The minimum Gasteiger partial charge on any atom is -0.310 e. The molecule has 1 aliphatic heterocycles. The number of benzene rings is 5. The van der Waals surface area contributed by atoms with Gasteiger partial charge in [0, 0.05) is 48.7 Å². The molecule has 5 aromatic carbocycles. The van der Waals surface area contributed by atoms with Crippen molar-refractivity contribution in [3.63, 3.8) is 0 Å². The molecule has 8 heteroatoms. The van der Waals surface area contributed by atoms with Gasteiger partial charge in [-0.05, 0) is 70.8 Å². The maximum Gasteiger partial charge on any atom is 0.270 e. The third-order valence-electron chi connectivity index (χ3n) is 10.1. The van der Waals surface area contributed by atoms with Crippen LogP contribution in [0.25, 0.3) is 49.1 Å². The molecule has 6 nitrogen and oxygen atoms in total. The minimum atomic E-state index is -0.242. The van der Waals surface area contributed by atoms with Crippen LogP contribution in [0.15, 0.2) is 133 Å². The number of para-hydroxylation sites is 2. The zero-order chi connectivity index (χ0) is 35.6. The maximum absolute atomic E-state index is 13.5. The van der Waals surface area contributed by atoms with Gasteiger partial charge in [-0.15, -0.1) is 11.3 Å². The van der Waals surface area contributed by atoms with Crippen molar-refractivity contribution in [2.24, 2.45) is 0 Å². The van der Waals surface area contributed by atoms with Crippen molar-refractivity contribution in [1.82, 2.24) is 8.75 Å². The number of anilines is 3. The molecule has 52 heavy (non-hydrogen) atoms. The number of allylic oxidation sites excluding steroid dienone is 3. The summed E-state index contributed by atoms with van der Waals surface area (Å²) in [4.78, 5) is 21.1. The maximum atomic E-state index is 13.5. The van der Waals surface area contributed by atoms with Crippen LogP contribution in [0.5, 0.6) is 0 Å². The number of nitriles is 1. The van der Waals surface area contributed by atoms with E-state index in [4.69, 9.17) is 15.3 Å². The van der Waals surface area contributed by atoms with Gasteiger partial charge in [-0.25, -0.2) is 10.1 Å². The zero-order valence-electron chi connectivity index (χ0n) is 28.1. The summed E-state index contributed by atoms with van der Waals surface area (Å²) in [5.41, 5.74) is 12.2. The fourth-order valence-electron chi connectivity index (χ4n) is 7.57. The van der Waals surface area contributed by atoms with E-state index in [1.807, 2.05) is 30.3 Å². The molecule has 0 fully saturated rings. The van der Waals surface area contributed by atoms with Gasteiger partial charge in [0.2, 0.25) is 0 Å². The normalized spacial score (nSPS) is 15.9. The molecule has 7 aromatic rings. The SMILES string of the molecule is [C-]#[N+]/C(C#N)=C1\C(=Cc2ccc(-c3ccc(-c4ccc5c(c4)C(C)(C)c4ccccc4N5c4ccccc4)c4nsnc34)s2)C(=O)c2ccccc21. The van der Waals surface area contributed by atoms with Crippen molar-refractivity contribution >= 4 is 68.6 Å². The van der Waals surface area contributed by atoms with Crippen LogP contribution in [0, 0.1) is 17.9 Å². The largest absolute Gasteiger partial charge is 0.310 e. The average Bonchev–Trinajstić information content (AvgIpc) is 3.92. The summed E-state index contributed by atoms with van der Waals surface area (Å²) in [7, 11) is 0. The number of fused-ring (bicyclic) bond motifs is 4. The lowest BCUT2D eigenvalue weighted by atomic mass is 9.73. The lowest BCUT2D eigenvalue weighted by molar-refractivity contribution is 0.104. The van der Waals surface area contributed by atoms with E-state index in [0.717, 1.165) is 48.9 Å². The third-order valence-corrected chi connectivity index (χ3v) is 11.7. The second kappa shape index (κ2) is 12.1. The van der Waals surface area contributed by atoms with E-state index in [2.05, 4.69) is 102 Å².